The van der Waals surface area contributed by atoms with E-state index in [9.17, 15) is 14.9 Å². The summed E-state index contributed by atoms with van der Waals surface area (Å²) in [4.78, 5) is 22.1. The van der Waals surface area contributed by atoms with Gasteiger partial charge in [-0.1, -0.05) is 0 Å². The molecule has 0 fully saturated rings. The van der Waals surface area contributed by atoms with E-state index in [-0.39, 0.29) is 24.5 Å². The predicted molar refractivity (Wildman–Crippen MR) is 68.0 cm³/mol. The Morgan fingerprint density at radius 1 is 1.53 bits per heavy atom. The Morgan fingerprint density at radius 2 is 2.21 bits per heavy atom. The highest BCUT2D eigenvalue weighted by molar-refractivity contribution is 5.95. The number of methoxy groups -OCH3 is 1. The molecular formula is C12H16N2O5. The van der Waals surface area contributed by atoms with E-state index in [1.54, 1.807) is 13.0 Å². The van der Waals surface area contributed by atoms with Crippen molar-refractivity contribution in [1.29, 1.82) is 0 Å². The molecule has 7 heteroatoms. The maximum atomic E-state index is 11.9. The largest absolute Gasteiger partial charge is 0.394 e. The molecule has 1 aromatic carbocycles. The predicted octanol–water partition coefficient (Wildman–Crippen LogP) is 0.640. The van der Waals surface area contributed by atoms with Crippen molar-refractivity contribution in [1.82, 2.24) is 5.32 Å². The van der Waals surface area contributed by atoms with E-state index < -0.39 is 16.9 Å². The number of carbonyl (C=O) groups excluding carboxylic acids is 1. The second kappa shape index (κ2) is 6.81. The second-order valence-corrected chi connectivity index (χ2v) is 4.12. The minimum Gasteiger partial charge on any atom is -0.394 e. The average Bonchev–Trinajstić information content (AvgIpc) is 2.37. The van der Waals surface area contributed by atoms with Crippen molar-refractivity contribution in [2.24, 2.45) is 0 Å². The molecule has 0 saturated heterocycles. The summed E-state index contributed by atoms with van der Waals surface area (Å²) < 4.78 is 4.83. The molecule has 0 aliphatic carbocycles. The van der Waals surface area contributed by atoms with Crippen LogP contribution in [0.25, 0.3) is 0 Å². The van der Waals surface area contributed by atoms with Gasteiger partial charge in [0.1, 0.15) is 0 Å². The van der Waals surface area contributed by atoms with Crippen molar-refractivity contribution in [2.45, 2.75) is 13.0 Å². The first-order chi connectivity index (χ1) is 8.97. The zero-order chi connectivity index (χ0) is 14.4. The van der Waals surface area contributed by atoms with Gasteiger partial charge in [-0.05, 0) is 18.6 Å². The molecule has 1 rings (SSSR count). The molecule has 104 valence electrons. The number of nitro groups is 1. The fourth-order valence-corrected chi connectivity index (χ4v) is 1.61. The normalized spacial score (nSPS) is 11.9. The highest BCUT2D eigenvalue weighted by Gasteiger charge is 2.16. The standard InChI is InChI=1S/C12H16N2O5/c1-8-3-9(5-11(4-8)14(17)18)12(16)13-10(6-15)7-19-2/h3-5,10,15H,6-7H2,1-2H3,(H,13,16). The molecule has 0 radical (unpaired) electrons. The van der Waals surface area contributed by atoms with E-state index in [1.807, 2.05) is 0 Å². The lowest BCUT2D eigenvalue weighted by Crippen LogP contribution is -2.40. The SMILES string of the molecule is COCC(CO)NC(=O)c1cc(C)cc([N+](=O)[O-])c1. The molecule has 0 saturated carbocycles. The van der Waals surface area contributed by atoms with E-state index in [4.69, 9.17) is 9.84 Å². The fraction of sp³-hybridized carbons (Fsp3) is 0.417. The number of ether oxygens (including phenoxy) is 1. The zero-order valence-corrected chi connectivity index (χ0v) is 10.8. The van der Waals surface area contributed by atoms with Crippen LogP contribution in [0.5, 0.6) is 0 Å². The molecule has 1 amide bonds. The van der Waals surface area contributed by atoms with Crippen molar-refractivity contribution in [3.8, 4) is 0 Å². The van der Waals surface area contributed by atoms with Gasteiger partial charge in [-0.3, -0.25) is 14.9 Å². The van der Waals surface area contributed by atoms with E-state index in [2.05, 4.69) is 5.32 Å². The summed E-state index contributed by atoms with van der Waals surface area (Å²) in [5.41, 5.74) is 0.658. The lowest BCUT2D eigenvalue weighted by molar-refractivity contribution is -0.384. The summed E-state index contributed by atoms with van der Waals surface area (Å²) in [6.07, 6.45) is 0. The smallest absolute Gasteiger partial charge is 0.270 e. The topological polar surface area (TPSA) is 102 Å². The van der Waals surface area contributed by atoms with E-state index in [0.717, 1.165) is 0 Å². The second-order valence-electron chi connectivity index (χ2n) is 4.12. The molecule has 0 aliphatic rings. The number of nitrogens with zero attached hydrogens (tertiary/aromatic N) is 1. The van der Waals surface area contributed by atoms with Crippen LogP contribution >= 0.6 is 0 Å². The van der Waals surface area contributed by atoms with Crippen LogP contribution in [0.4, 0.5) is 5.69 Å². The minimum absolute atomic E-state index is 0.141. The fourth-order valence-electron chi connectivity index (χ4n) is 1.61. The number of aliphatic hydroxyl groups is 1. The van der Waals surface area contributed by atoms with Gasteiger partial charge >= 0.3 is 0 Å². The molecule has 1 atom stereocenters. The molecule has 0 aliphatic heterocycles. The van der Waals surface area contributed by atoms with Gasteiger partial charge in [0.05, 0.1) is 24.2 Å². The van der Waals surface area contributed by atoms with Gasteiger partial charge in [0.25, 0.3) is 11.6 Å². The van der Waals surface area contributed by atoms with Crippen molar-refractivity contribution >= 4 is 11.6 Å². The number of aliphatic hydroxyl groups excluding tert-OH is 1. The van der Waals surface area contributed by atoms with Gasteiger partial charge in [0.2, 0.25) is 0 Å². The van der Waals surface area contributed by atoms with Crippen LogP contribution in [0, 0.1) is 17.0 Å². The van der Waals surface area contributed by atoms with Crippen LogP contribution < -0.4 is 5.32 Å². The Labute approximate surface area is 110 Å². The molecule has 2 N–H and O–H groups in total. The summed E-state index contributed by atoms with van der Waals surface area (Å²) in [6, 6.07) is 3.58. The van der Waals surface area contributed by atoms with Crippen LogP contribution in [0.3, 0.4) is 0 Å². The number of non-ortho nitro benzene ring substituents is 1. The molecule has 19 heavy (non-hydrogen) atoms. The van der Waals surface area contributed by atoms with Crippen molar-refractivity contribution in [3.63, 3.8) is 0 Å². The van der Waals surface area contributed by atoms with Crippen LogP contribution in [-0.2, 0) is 4.74 Å². The van der Waals surface area contributed by atoms with Crippen LogP contribution in [-0.4, -0.2) is 42.3 Å². The Morgan fingerprint density at radius 3 is 2.74 bits per heavy atom. The molecule has 1 unspecified atom stereocenters. The Hall–Kier alpha value is -1.99. The maximum absolute atomic E-state index is 11.9. The molecule has 0 heterocycles. The number of aryl methyl sites for hydroxylation is 1. The van der Waals surface area contributed by atoms with Crippen LogP contribution in [0.15, 0.2) is 18.2 Å². The summed E-state index contributed by atoms with van der Waals surface area (Å²) >= 11 is 0. The van der Waals surface area contributed by atoms with Gasteiger partial charge in [-0.25, -0.2) is 0 Å². The molecule has 0 aromatic heterocycles. The first kappa shape index (κ1) is 15.1. The number of benzene rings is 1. The molecular weight excluding hydrogens is 252 g/mol. The number of nitrogens with one attached hydrogen (secondary N) is 1. The van der Waals surface area contributed by atoms with Gasteiger partial charge < -0.3 is 15.2 Å². The highest BCUT2D eigenvalue weighted by Crippen LogP contribution is 2.16. The third kappa shape index (κ3) is 4.31. The lowest BCUT2D eigenvalue weighted by Gasteiger charge is -2.15. The summed E-state index contributed by atoms with van der Waals surface area (Å²) in [5, 5.41) is 22.3. The number of amides is 1. The molecule has 1 aromatic rings. The summed E-state index contributed by atoms with van der Waals surface area (Å²) in [5.74, 6) is -0.483. The number of hydrogen-bond donors (Lipinski definition) is 2. The van der Waals surface area contributed by atoms with Gasteiger partial charge in [0, 0.05) is 24.8 Å². The first-order valence-electron chi connectivity index (χ1n) is 5.64. The van der Waals surface area contributed by atoms with Gasteiger partial charge in [-0.2, -0.15) is 0 Å². The number of carbonyl (C=O) groups is 1. The third-order valence-corrected chi connectivity index (χ3v) is 2.46. The number of hydrogen-bond acceptors (Lipinski definition) is 5. The van der Waals surface area contributed by atoms with Crippen molar-refractivity contribution in [3.05, 3.63) is 39.4 Å². The number of rotatable bonds is 6. The van der Waals surface area contributed by atoms with Gasteiger partial charge in [-0.15, -0.1) is 0 Å². The average molecular weight is 268 g/mol. The summed E-state index contributed by atoms with van der Waals surface area (Å²) in [7, 11) is 1.45. The Balaban J connectivity index is 2.90. The quantitative estimate of drug-likeness (QED) is 0.582. The van der Waals surface area contributed by atoms with Crippen molar-refractivity contribution in [2.75, 3.05) is 20.3 Å². The van der Waals surface area contributed by atoms with E-state index >= 15 is 0 Å². The van der Waals surface area contributed by atoms with Gasteiger partial charge in [0.15, 0.2) is 0 Å². The third-order valence-electron chi connectivity index (χ3n) is 2.46. The Kier molecular flexibility index (Phi) is 5.40. The highest BCUT2D eigenvalue weighted by atomic mass is 16.6. The van der Waals surface area contributed by atoms with Crippen molar-refractivity contribution < 1.29 is 19.6 Å². The van der Waals surface area contributed by atoms with Crippen LogP contribution in [0.2, 0.25) is 0 Å². The first-order valence-corrected chi connectivity index (χ1v) is 5.64. The molecule has 7 nitrogen and oxygen atoms in total. The lowest BCUT2D eigenvalue weighted by atomic mass is 10.1. The number of nitro benzene ring substituents is 1. The van der Waals surface area contributed by atoms with Crippen LogP contribution in [0.1, 0.15) is 15.9 Å². The molecule has 0 spiro atoms. The zero-order valence-electron chi connectivity index (χ0n) is 10.8. The van der Waals surface area contributed by atoms with E-state index in [1.165, 1.54) is 19.2 Å². The molecule has 0 bridgehead atoms. The Bertz CT molecular complexity index is 475. The maximum Gasteiger partial charge on any atom is 0.270 e. The minimum atomic E-state index is -0.553. The summed E-state index contributed by atoms with van der Waals surface area (Å²) in [6.45, 7) is 1.56. The monoisotopic (exact) mass is 268 g/mol. The van der Waals surface area contributed by atoms with E-state index in [0.29, 0.717) is 5.56 Å².